The molecule has 1 aliphatic rings. The minimum atomic E-state index is -2.84. The van der Waals surface area contributed by atoms with Crippen LogP contribution >= 0.6 is 0 Å². The van der Waals surface area contributed by atoms with Gasteiger partial charge in [0.05, 0.1) is 0 Å². The fourth-order valence-electron chi connectivity index (χ4n) is 2.00. The predicted molar refractivity (Wildman–Crippen MR) is 59.9 cm³/mol. The Morgan fingerprint density at radius 1 is 1.31 bits per heavy atom. The number of halogens is 2. The van der Waals surface area contributed by atoms with Crippen molar-refractivity contribution >= 4 is 13.4 Å². The Morgan fingerprint density at radius 3 is 2.62 bits per heavy atom. The van der Waals surface area contributed by atoms with Crippen LogP contribution in [0.4, 0.5) is 8.78 Å². The van der Waals surface area contributed by atoms with E-state index in [-0.39, 0.29) is 5.69 Å². The first-order chi connectivity index (χ1) is 7.60. The first-order valence-corrected chi connectivity index (χ1v) is 5.50. The maximum atomic E-state index is 14.1. The van der Waals surface area contributed by atoms with Crippen molar-refractivity contribution in [2.24, 2.45) is 5.92 Å². The van der Waals surface area contributed by atoms with Gasteiger partial charge in [-0.25, -0.2) is 0 Å². The van der Waals surface area contributed by atoms with Crippen LogP contribution in [-0.2, 0) is 10.7 Å². The monoisotopic (exact) mass is 225 g/mol. The summed E-state index contributed by atoms with van der Waals surface area (Å²) in [4.78, 5) is 3.93. The van der Waals surface area contributed by atoms with E-state index in [0.29, 0.717) is 31.6 Å². The molecule has 0 spiro atoms. The normalized spacial score (nSPS) is 18.6. The average Bonchev–Trinajstić information content (AvgIpc) is 2.30. The second-order valence-corrected chi connectivity index (χ2v) is 4.17. The van der Waals surface area contributed by atoms with Crippen LogP contribution in [0.3, 0.4) is 0 Å². The van der Waals surface area contributed by atoms with Crippen molar-refractivity contribution in [3.63, 3.8) is 0 Å². The number of hydrogen-bond donors (Lipinski definition) is 0. The molecule has 2 rings (SSSR count). The van der Waals surface area contributed by atoms with Crippen LogP contribution in [-0.4, -0.2) is 26.0 Å². The molecule has 0 atom stereocenters. The second-order valence-electron chi connectivity index (χ2n) is 4.17. The minimum Gasteiger partial charge on any atom is -0.381 e. The van der Waals surface area contributed by atoms with Gasteiger partial charge in [0.1, 0.15) is 5.69 Å². The molecule has 0 amide bonds. The molecule has 86 valence electrons. The fourth-order valence-corrected chi connectivity index (χ4v) is 2.00. The van der Waals surface area contributed by atoms with E-state index in [4.69, 9.17) is 4.74 Å². The highest BCUT2D eigenvalue weighted by Gasteiger charge is 2.43. The van der Waals surface area contributed by atoms with E-state index in [1.807, 2.05) is 0 Å². The zero-order valence-electron chi connectivity index (χ0n) is 9.25. The Balaban J connectivity index is 2.22. The molecule has 0 radical (unpaired) electrons. The molecule has 0 aliphatic carbocycles. The largest absolute Gasteiger partial charge is 0.381 e. The van der Waals surface area contributed by atoms with Crippen LogP contribution < -0.4 is 5.59 Å². The Labute approximate surface area is 94.4 Å². The first-order valence-electron chi connectivity index (χ1n) is 5.50. The molecule has 1 fully saturated rings. The highest BCUT2D eigenvalue weighted by molar-refractivity contribution is 6.30. The molecule has 0 bridgehead atoms. The molecule has 5 heteroatoms. The van der Waals surface area contributed by atoms with E-state index >= 15 is 0 Å². The van der Waals surface area contributed by atoms with Crippen LogP contribution in [0.5, 0.6) is 0 Å². The molecule has 2 heterocycles. The van der Waals surface area contributed by atoms with Gasteiger partial charge in [-0.3, -0.25) is 4.98 Å². The fraction of sp³-hybridized carbons (Fsp3) is 0.545. The van der Waals surface area contributed by atoms with Crippen molar-refractivity contribution in [2.45, 2.75) is 18.8 Å². The van der Waals surface area contributed by atoms with Crippen LogP contribution in [0.1, 0.15) is 18.5 Å². The number of alkyl halides is 2. The number of pyridine rings is 1. The van der Waals surface area contributed by atoms with Crippen molar-refractivity contribution in [3.05, 3.63) is 23.9 Å². The summed E-state index contributed by atoms with van der Waals surface area (Å²) in [7, 11) is 1.73. The number of rotatable bonds is 2. The third kappa shape index (κ3) is 2.24. The molecular formula is C11H14BF2NO. The number of hydrogen-bond acceptors (Lipinski definition) is 2. The summed E-state index contributed by atoms with van der Waals surface area (Å²) in [5, 5.41) is 0. The Morgan fingerprint density at radius 2 is 2.00 bits per heavy atom. The van der Waals surface area contributed by atoms with Crippen LogP contribution in [0.15, 0.2) is 18.2 Å². The van der Waals surface area contributed by atoms with Crippen molar-refractivity contribution in [2.75, 3.05) is 13.2 Å². The lowest BCUT2D eigenvalue weighted by Crippen LogP contribution is -2.33. The van der Waals surface area contributed by atoms with Gasteiger partial charge in [-0.2, -0.15) is 8.78 Å². The highest BCUT2D eigenvalue weighted by atomic mass is 19.3. The lowest BCUT2D eigenvalue weighted by molar-refractivity contribution is -0.105. The number of nitrogens with zero attached hydrogens (tertiary/aromatic N) is 1. The second kappa shape index (κ2) is 4.49. The van der Waals surface area contributed by atoms with Gasteiger partial charge in [-0.15, -0.1) is 0 Å². The standard InChI is InChI=1S/C11H14BF2NO/c12-10-3-1-2-9(15-10)11(13,14)8-4-6-16-7-5-8/h1-3,8H,4-7,12H2. The summed E-state index contributed by atoms with van der Waals surface area (Å²) in [6.07, 6.45) is 0.811. The Hall–Kier alpha value is -0.965. The molecule has 0 unspecified atom stereocenters. The first kappa shape index (κ1) is 11.5. The zero-order chi connectivity index (χ0) is 11.6. The maximum Gasteiger partial charge on any atom is 0.292 e. The average molecular weight is 225 g/mol. The summed E-state index contributed by atoms with van der Waals surface area (Å²) in [5.41, 5.74) is 0.517. The molecule has 1 aromatic heterocycles. The van der Waals surface area contributed by atoms with Crippen molar-refractivity contribution in [1.29, 1.82) is 0 Å². The van der Waals surface area contributed by atoms with E-state index in [1.165, 1.54) is 6.07 Å². The van der Waals surface area contributed by atoms with Gasteiger partial charge in [-0.05, 0) is 24.5 Å². The van der Waals surface area contributed by atoms with Gasteiger partial charge in [0, 0.05) is 19.1 Å². The predicted octanol–water partition coefficient (Wildman–Crippen LogP) is 0.858. The molecule has 1 saturated heterocycles. The topological polar surface area (TPSA) is 22.1 Å². The highest BCUT2D eigenvalue weighted by Crippen LogP contribution is 2.39. The smallest absolute Gasteiger partial charge is 0.292 e. The third-order valence-electron chi connectivity index (χ3n) is 2.96. The van der Waals surface area contributed by atoms with E-state index < -0.39 is 11.8 Å². The van der Waals surface area contributed by atoms with Crippen molar-refractivity contribution in [1.82, 2.24) is 4.98 Å². The van der Waals surface area contributed by atoms with Crippen LogP contribution in [0, 0.1) is 5.92 Å². The van der Waals surface area contributed by atoms with Crippen molar-refractivity contribution < 1.29 is 13.5 Å². The SMILES string of the molecule is Bc1cccc(C(F)(F)C2CCOCC2)n1. The van der Waals surface area contributed by atoms with Gasteiger partial charge in [0.2, 0.25) is 0 Å². The number of aromatic nitrogens is 1. The van der Waals surface area contributed by atoms with E-state index in [2.05, 4.69) is 4.98 Å². The summed E-state index contributed by atoms with van der Waals surface area (Å²) in [5.74, 6) is -3.48. The van der Waals surface area contributed by atoms with Crippen LogP contribution in [0.2, 0.25) is 0 Å². The summed E-state index contributed by atoms with van der Waals surface area (Å²) < 4.78 is 33.3. The number of ether oxygens (including phenoxy) is 1. The third-order valence-corrected chi connectivity index (χ3v) is 2.96. The van der Waals surface area contributed by atoms with Crippen LogP contribution in [0.25, 0.3) is 0 Å². The molecule has 0 N–H and O–H groups in total. The maximum absolute atomic E-state index is 14.1. The molecular weight excluding hydrogens is 211 g/mol. The molecule has 0 saturated carbocycles. The van der Waals surface area contributed by atoms with Gasteiger partial charge in [0.15, 0.2) is 7.85 Å². The quantitative estimate of drug-likeness (QED) is 0.696. The lowest BCUT2D eigenvalue weighted by atomic mass is 9.90. The van der Waals surface area contributed by atoms with Gasteiger partial charge in [0.25, 0.3) is 5.92 Å². The summed E-state index contributed by atoms with van der Waals surface area (Å²) in [6.45, 7) is 0.845. The molecule has 2 nitrogen and oxygen atoms in total. The molecule has 1 aromatic rings. The molecule has 0 aromatic carbocycles. The Bertz CT molecular complexity index is 367. The zero-order valence-corrected chi connectivity index (χ0v) is 9.25. The summed E-state index contributed by atoms with van der Waals surface area (Å²) >= 11 is 0. The Kier molecular flexibility index (Phi) is 3.24. The van der Waals surface area contributed by atoms with Gasteiger partial charge in [-0.1, -0.05) is 12.1 Å². The minimum absolute atomic E-state index is 0.112. The van der Waals surface area contributed by atoms with E-state index in [9.17, 15) is 8.78 Å². The van der Waals surface area contributed by atoms with Gasteiger partial charge < -0.3 is 4.74 Å². The molecule has 16 heavy (non-hydrogen) atoms. The molecule has 1 aliphatic heterocycles. The summed E-state index contributed by atoms with van der Waals surface area (Å²) in [6, 6.07) is 4.76. The van der Waals surface area contributed by atoms with E-state index in [0.717, 1.165) is 0 Å². The van der Waals surface area contributed by atoms with Crippen molar-refractivity contribution in [3.8, 4) is 0 Å². The van der Waals surface area contributed by atoms with E-state index in [1.54, 1.807) is 20.0 Å². The van der Waals surface area contributed by atoms with Gasteiger partial charge >= 0.3 is 0 Å². The lowest BCUT2D eigenvalue weighted by Gasteiger charge is -2.29.